The number of fused-ring (bicyclic) bond motifs is 1. The van der Waals surface area contributed by atoms with E-state index in [2.05, 4.69) is 37.1 Å². The van der Waals surface area contributed by atoms with Gasteiger partial charge in [0.05, 0.1) is 20.3 Å². The van der Waals surface area contributed by atoms with Gasteiger partial charge in [-0.05, 0) is 50.6 Å². The molecule has 0 radical (unpaired) electrons. The fourth-order valence-electron chi connectivity index (χ4n) is 4.11. The van der Waals surface area contributed by atoms with Gasteiger partial charge in [-0.25, -0.2) is 0 Å². The van der Waals surface area contributed by atoms with E-state index in [9.17, 15) is 0 Å². The van der Waals surface area contributed by atoms with Crippen molar-refractivity contribution in [1.82, 2.24) is 25.0 Å². The molecule has 4 rings (SSSR count). The normalized spacial score (nSPS) is 17.6. The predicted octanol–water partition coefficient (Wildman–Crippen LogP) is 2.59. The number of methoxy groups -OCH3 is 1. The van der Waals surface area contributed by atoms with Crippen LogP contribution in [0.2, 0.25) is 0 Å². The molecule has 3 heterocycles. The molecule has 8 heteroatoms. The van der Waals surface area contributed by atoms with E-state index in [0.29, 0.717) is 12.5 Å². The first kappa shape index (κ1) is 20.9. The van der Waals surface area contributed by atoms with Crippen molar-refractivity contribution >= 4 is 12.4 Å². The topological polar surface area (TPSA) is 64.4 Å². The van der Waals surface area contributed by atoms with E-state index in [1.165, 1.54) is 11.4 Å². The summed E-state index contributed by atoms with van der Waals surface area (Å²) in [6.07, 6.45) is 2.28. The van der Waals surface area contributed by atoms with Crippen molar-refractivity contribution in [3.05, 3.63) is 35.4 Å². The highest BCUT2D eigenvalue weighted by molar-refractivity contribution is 5.85. The third-order valence-electron chi connectivity index (χ3n) is 5.54. The van der Waals surface area contributed by atoms with Crippen molar-refractivity contribution in [3.8, 4) is 11.5 Å². The number of rotatable bonds is 6. The Balaban J connectivity index is 0.00000225. The highest BCUT2D eigenvalue weighted by atomic mass is 35.5. The van der Waals surface area contributed by atoms with Crippen LogP contribution in [0.3, 0.4) is 0 Å². The van der Waals surface area contributed by atoms with Crippen LogP contribution >= 0.6 is 12.4 Å². The molecular weight excluding hydrogens is 378 g/mol. The van der Waals surface area contributed by atoms with E-state index in [-0.39, 0.29) is 12.4 Å². The van der Waals surface area contributed by atoms with E-state index in [0.717, 1.165) is 69.4 Å². The van der Waals surface area contributed by atoms with Gasteiger partial charge in [0.1, 0.15) is 11.6 Å². The minimum atomic E-state index is 0. The van der Waals surface area contributed by atoms with Crippen LogP contribution in [0.1, 0.15) is 42.9 Å². The Morgan fingerprint density at radius 3 is 2.71 bits per heavy atom. The summed E-state index contributed by atoms with van der Waals surface area (Å²) in [5, 5.41) is 12.2. The summed E-state index contributed by atoms with van der Waals surface area (Å²) in [5.41, 5.74) is 1.27. The molecule has 7 nitrogen and oxygen atoms in total. The maximum Gasteiger partial charge on any atom is 0.161 e. The van der Waals surface area contributed by atoms with Gasteiger partial charge in [-0.15, -0.1) is 22.6 Å². The van der Waals surface area contributed by atoms with Gasteiger partial charge in [0, 0.05) is 25.6 Å². The summed E-state index contributed by atoms with van der Waals surface area (Å²) in [6, 6.07) is 6.25. The zero-order valence-electron chi connectivity index (χ0n) is 16.7. The van der Waals surface area contributed by atoms with Gasteiger partial charge < -0.3 is 19.4 Å². The van der Waals surface area contributed by atoms with Crippen molar-refractivity contribution in [2.45, 2.75) is 45.3 Å². The van der Waals surface area contributed by atoms with Crippen molar-refractivity contribution in [2.75, 3.05) is 33.4 Å². The number of piperidine rings is 1. The molecule has 0 saturated carbocycles. The lowest BCUT2D eigenvalue weighted by molar-refractivity contribution is 0.199. The summed E-state index contributed by atoms with van der Waals surface area (Å²) in [4.78, 5) is 2.52. The lowest BCUT2D eigenvalue weighted by Gasteiger charge is -2.32. The zero-order valence-corrected chi connectivity index (χ0v) is 17.5. The summed E-state index contributed by atoms with van der Waals surface area (Å²) in [7, 11) is 1.68. The molecule has 0 atom stereocenters. The van der Waals surface area contributed by atoms with Gasteiger partial charge in [0.25, 0.3) is 0 Å². The Morgan fingerprint density at radius 1 is 1.14 bits per heavy atom. The van der Waals surface area contributed by atoms with E-state index < -0.39 is 0 Å². The van der Waals surface area contributed by atoms with Crippen LogP contribution in [0.4, 0.5) is 0 Å². The molecule has 1 saturated heterocycles. The van der Waals surface area contributed by atoms with Crippen LogP contribution in [-0.4, -0.2) is 53.0 Å². The molecule has 0 unspecified atom stereocenters. The molecule has 1 aromatic heterocycles. The van der Waals surface area contributed by atoms with E-state index in [1.54, 1.807) is 7.11 Å². The van der Waals surface area contributed by atoms with Crippen molar-refractivity contribution in [3.63, 3.8) is 0 Å². The SMILES string of the molecule is CCOc1cc(CN2CCC(c3nnc4n3CCNC4)CC2)ccc1OC.Cl. The number of ether oxygens (including phenoxy) is 2. The number of benzene rings is 1. The molecule has 1 N–H and O–H groups in total. The van der Waals surface area contributed by atoms with E-state index in [1.807, 2.05) is 13.0 Å². The van der Waals surface area contributed by atoms with Crippen LogP contribution in [-0.2, 0) is 19.6 Å². The van der Waals surface area contributed by atoms with Crippen molar-refractivity contribution in [2.24, 2.45) is 0 Å². The number of hydrogen-bond donors (Lipinski definition) is 1. The standard InChI is InChI=1S/C20H29N5O2.ClH/c1-3-27-18-12-15(4-5-17(18)26-2)14-24-9-6-16(7-10-24)20-23-22-19-13-21-8-11-25(19)20;/h4-5,12,16,21H,3,6-11,13-14H2,1-2H3;1H. The number of nitrogens with zero attached hydrogens (tertiary/aromatic N) is 4. The van der Waals surface area contributed by atoms with Crippen LogP contribution in [0, 0.1) is 0 Å². The summed E-state index contributed by atoms with van der Waals surface area (Å²) < 4.78 is 13.4. The summed E-state index contributed by atoms with van der Waals surface area (Å²) in [6.45, 7) is 8.59. The van der Waals surface area contributed by atoms with Crippen LogP contribution in [0.5, 0.6) is 11.5 Å². The average molecular weight is 408 g/mol. The number of nitrogens with one attached hydrogen (secondary N) is 1. The maximum atomic E-state index is 5.71. The van der Waals surface area contributed by atoms with Gasteiger partial charge in [-0.2, -0.15) is 0 Å². The fourth-order valence-corrected chi connectivity index (χ4v) is 4.11. The number of likely N-dealkylation sites (tertiary alicyclic amines) is 1. The second-order valence-corrected chi connectivity index (χ2v) is 7.27. The average Bonchev–Trinajstić information content (AvgIpc) is 3.13. The number of aromatic nitrogens is 3. The molecule has 0 bridgehead atoms. The van der Waals surface area contributed by atoms with Crippen LogP contribution in [0.25, 0.3) is 0 Å². The third kappa shape index (κ3) is 4.42. The first-order chi connectivity index (χ1) is 13.3. The molecule has 28 heavy (non-hydrogen) atoms. The van der Waals surface area contributed by atoms with E-state index in [4.69, 9.17) is 9.47 Å². The Kier molecular flexibility index (Phi) is 7.15. The first-order valence-electron chi connectivity index (χ1n) is 9.93. The summed E-state index contributed by atoms with van der Waals surface area (Å²) >= 11 is 0. The first-order valence-corrected chi connectivity index (χ1v) is 9.93. The van der Waals surface area contributed by atoms with Gasteiger partial charge >= 0.3 is 0 Å². The van der Waals surface area contributed by atoms with Crippen LogP contribution in [0.15, 0.2) is 18.2 Å². The van der Waals surface area contributed by atoms with Gasteiger partial charge in [0.15, 0.2) is 11.5 Å². The lowest BCUT2D eigenvalue weighted by Crippen LogP contribution is -2.34. The summed E-state index contributed by atoms with van der Waals surface area (Å²) in [5.74, 6) is 4.42. The Bertz CT molecular complexity index is 774. The molecular formula is C20H30ClN5O2. The predicted molar refractivity (Wildman–Crippen MR) is 110 cm³/mol. The number of halogens is 1. The molecule has 0 amide bonds. The van der Waals surface area contributed by atoms with Crippen molar-refractivity contribution in [1.29, 1.82) is 0 Å². The van der Waals surface area contributed by atoms with Crippen LogP contribution < -0.4 is 14.8 Å². The van der Waals surface area contributed by atoms with Crippen molar-refractivity contribution < 1.29 is 9.47 Å². The highest BCUT2D eigenvalue weighted by Gasteiger charge is 2.27. The Labute approximate surface area is 172 Å². The zero-order chi connectivity index (χ0) is 18.6. The monoisotopic (exact) mass is 407 g/mol. The molecule has 2 aromatic rings. The number of hydrogen-bond acceptors (Lipinski definition) is 6. The largest absolute Gasteiger partial charge is 0.493 e. The molecule has 154 valence electrons. The third-order valence-corrected chi connectivity index (χ3v) is 5.54. The van der Waals surface area contributed by atoms with E-state index >= 15 is 0 Å². The quantitative estimate of drug-likeness (QED) is 0.794. The molecule has 2 aliphatic rings. The molecule has 2 aliphatic heterocycles. The second kappa shape index (κ2) is 9.58. The molecule has 1 aromatic carbocycles. The Hall–Kier alpha value is -1.83. The molecule has 1 fully saturated rings. The smallest absolute Gasteiger partial charge is 0.161 e. The van der Waals surface area contributed by atoms with Gasteiger partial charge in [-0.1, -0.05) is 6.07 Å². The van der Waals surface area contributed by atoms with Gasteiger partial charge in [-0.3, -0.25) is 4.90 Å². The maximum absolute atomic E-state index is 5.71. The Morgan fingerprint density at radius 2 is 1.96 bits per heavy atom. The highest BCUT2D eigenvalue weighted by Crippen LogP contribution is 2.31. The minimum absolute atomic E-state index is 0. The second-order valence-electron chi connectivity index (χ2n) is 7.27. The molecule has 0 aliphatic carbocycles. The minimum Gasteiger partial charge on any atom is -0.493 e. The lowest BCUT2D eigenvalue weighted by atomic mass is 9.95. The van der Waals surface area contributed by atoms with Gasteiger partial charge in [0.2, 0.25) is 0 Å². The fraction of sp³-hybridized carbons (Fsp3) is 0.600. The molecule has 0 spiro atoms.